The molecular formula is C14H9N5O. The first-order valence-electron chi connectivity index (χ1n) is 6.09. The van der Waals surface area contributed by atoms with Gasteiger partial charge in [0.25, 0.3) is 5.89 Å². The number of rotatable bonds is 2. The highest BCUT2D eigenvalue weighted by Gasteiger charge is 2.14. The molecule has 0 fully saturated rings. The van der Waals surface area contributed by atoms with Gasteiger partial charge in [-0.2, -0.15) is 4.98 Å². The van der Waals surface area contributed by atoms with Crippen LogP contribution in [-0.2, 0) is 0 Å². The second kappa shape index (κ2) is 4.27. The summed E-state index contributed by atoms with van der Waals surface area (Å²) in [5.41, 5.74) is 2.15. The van der Waals surface area contributed by atoms with E-state index >= 15 is 0 Å². The molecule has 20 heavy (non-hydrogen) atoms. The normalized spacial score (nSPS) is 11.0. The van der Waals surface area contributed by atoms with E-state index in [2.05, 4.69) is 20.1 Å². The van der Waals surface area contributed by atoms with E-state index in [0.29, 0.717) is 23.1 Å². The molecule has 0 saturated heterocycles. The Morgan fingerprint density at radius 1 is 0.950 bits per heavy atom. The van der Waals surface area contributed by atoms with Gasteiger partial charge in [-0.25, -0.2) is 4.98 Å². The van der Waals surface area contributed by atoms with E-state index in [4.69, 9.17) is 4.52 Å². The first-order valence-corrected chi connectivity index (χ1v) is 6.09. The molecule has 0 saturated carbocycles. The predicted molar refractivity (Wildman–Crippen MR) is 71.7 cm³/mol. The number of imidazole rings is 1. The van der Waals surface area contributed by atoms with Gasteiger partial charge in [-0.15, -0.1) is 0 Å². The number of nitrogens with zero attached hydrogens (tertiary/aromatic N) is 5. The highest BCUT2D eigenvalue weighted by Crippen LogP contribution is 2.20. The fraction of sp³-hybridized carbons (Fsp3) is 0. The molecule has 0 atom stereocenters. The molecule has 0 aromatic carbocycles. The van der Waals surface area contributed by atoms with E-state index in [0.717, 1.165) is 5.65 Å². The molecule has 0 amide bonds. The van der Waals surface area contributed by atoms with Gasteiger partial charge in [-0.1, -0.05) is 17.3 Å². The summed E-state index contributed by atoms with van der Waals surface area (Å²) in [6.45, 7) is 0. The quantitative estimate of drug-likeness (QED) is 0.555. The molecule has 96 valence electrons. The van der Waals surface area contributed by atoms with Gasteiger partial charge >= 0.3 is 0 Å². The lowest BCUT2D eigenvalue weighted by atomic mass is 10.3. The van der Waals surface area contributed by atoms with E-state index in [-0.39, 0.29) is 0 Å². The molecule has 0 aliphatic heterocycles. The third kappa shape index (κ3) is 1.74. The van der Waals surface area contributed by atoms with Crippen LogP contribution in [0.25, 0.3) is 28.8 Å². The van der Waals surface area contributed by atoms with Crippen LogP contribution in [0.15, 0.2) is 59.5 Å². The molecule has 6 nitrogen and oxygen atoms in total. The summed E-state index contributed by atoms with van der Waals surface area (Å²) in [5.74, 6) is 0.840. The summed E-state index contributed by atoms with van der Waals surface area (Å²) in [7, 11) is 0. The first-order chi connectivity index (χ1) is 9.90. The minimum absolute atomic E-state index is 0.384. The zero-order chi connectivity index (χ0) is 13.4. The number of pyridine rings is 2. The van der Waals surface area contributed by atoms with Gasteiger partial charge in [-0.3, -0.25) is 4.98 Å². The van der Waals surface area contributed by atoms with E-state index in [9.17, 15) is 0 Å². The third-order valence-corrected chi connectivity index (χ3v) is 2.90. The van der Waals surface area contributed by atoms with Gasteiger partial charge in [0.05, 0.1) is 0 Å². The second-order valence-electron chi connectivity index (χ2n) is 4.23. The molecule has 0 aliphatic carbocycles. The Hall–Kier alpha value is -3.02. The first kappa shape index (κ1) is 10.9. The lowest BCUT2D eigenvalue weighted by Gasteiger charge is -1.89. The minimum Gasteiger partial charge on any atom is -0.332 e. The number of hydrogen-bond donors (Lipinski definition) is 0. The summed E-state index contributed by atoms with van der Waals surface area (Å²) in [6, 6.07) is 11.3. The zero-order valence-corrected chi connectivity index (χ0v) is 10.3. The van der Waals surface area contributed by atoms with E-state index in [1.165, 1.54) is 0 Å². The predicted octanol–water partition coefficient (Wildman–Crippen LogP) is 2.45. The molecule has 0 bridgehead atoms. The fourth-order valence-electron chi connectivity index (χ4n) is 1.96. The molecule has 4 rings (SSSR count). The van der Waals surface area contributed by atoms with Gasteiger partial charge in [-0.05, 0) is 24.3 Å². The maximum Gasteiger partial charge on any atom is 0.278 e. The Balaban J connectivity index is 1.78. The largest absolute Gasteiger partial charge is 0.332 e. The molecular weight excluding hydrogens is 254 g/mol. The average Bonchev–Trinajstić information content (AvgIpc) is 3.14. The van der Waals surface area contributed by atoms with Crippen LogP contribution in [-0.4, -0.2) is 24.5 Å². The van der Waals surface area contributed by atoms with Crippen molar-refractivity contribution in [1.82, 2.24) is 24.5 Å². The van der Waals surface area contributed by atoms with Crippen LogP contribution in [0.1, 0.15) is 0 Å². The van der Waals surface area contributed by atoms with Crippen LogP contribution in [0.4, 0.5) is 0 Å². The zero-order valence-electron chi connectivity index (χ0n) is 10.3. The summed E-state index contributed by atoms with van der Waals surface area (Å²) in [5, 5.41) is 3.94. The lowest BCUT2D eigenvalue weighted by molar-refractivity contribution is 0.431. The van der Waals surface area contributed by atoms with Crippen molar-refractivity contribution in [3.63, 3.8) is 0 Å². The van der Waals surface area contributed by atoms with Gasteiger partial charge in [0.1, 0.15) is 17.0 Å². The van der Waals surface area contributed by atoms with Crippen molar-refractivity contribution >= 4 is 5.65 Å². The van der Waals surface area contributed by atoms with Crippen molar-refractivity contribution in [3.05, 3.63) is 55.0 Å². The van der Waals surface area contributed by atoms with Crippen molar-refractivity contribution in [2.24, 2.45) is 0 Å². The molecule has 0 aliphatic rings. The SMILES string of the molecule is c1ccc(-c2noc(-c3cn4ccccc4n3)n2)nc1. The summed E-state index contributed by atoms with van der Waals surface area (Å²) >= 11 is 0. The highest BCUT2D eigenvalue weighted by molar-refractivity contribution is 5.57. The van der Waals surface area contributed by atoms with Gasteiger partial charge < -0.3 is 8.92 Å². The van der Waals surface area contributed by atoms with Crippen LogP contribution in [0.2, 0.25) is 0 Å². The van der Waals surface area contributed by atoms with Gasteiger partial charge in [0.2, 0.25) is 5.82 Å². The molecule has 0 spiro atoms. The Kier molecular flexibility index (Phi) is 2.32. The van der Waals surface area contributed by atoms with Crippen molar-refractivity contribution in [2.45, 2.75) is 0 Å². The van der Waals surface area contributed by atoms with E-state index in [1.54, 1.807) is 6.20 Å². The topological polar surface area (TPSA) is 69.1 Å². The maximum absolute atomic E-state index is 5.26. The van der Waals surface area contributed by atoms with Crippen molar-refractivity contribution in [1.29, 1.82) is 0 Å². The lowest BCUT2D eigenvalue weighted by Crippen LogP contribution is -1.84. The molecule has 4 heterocycles. The molecule has 0 unspecified atom stereocenters. The van der Waals surface area contributed by atoms with E-state index in [1.807, 2.05) is 53.2 Å². The average molecular weight is 263 g/mol. The van der Waals surface area contributed by atoms with Crippen molar-refractivity contribution in [2.75, 3.05) is 0 Å². The number of aromatic nitrogens is 5. The molecule has 0 N–H and O–H groups in total. The van der Waals surface area contributed by atoms with Gasteiger partial charge in [0.15, 0.2) is 0 Å². The number of fused-ring (bicyclic) bond motifs is 1. The van der Waals surface area contributed by atoms with Crippen molar-refractivity contribution in [3.8, 4) is 23.1 Å². The third-order valence-electron chi connectivity index (χ3n) is 2.90. The molecule has 6 heteroatoms. The van der Waals surface area contributed by atoms with Crippen LogP contribution < -0.4 is 0 Å². The van der Waals surface area contributed by atoms with Crippen LogP contribution in [0, 0.1) is 0 Å². The summed E-state index contributed by atoms with van der Waals surface area (Å²) < 4.78 is 7.16. The Bertz CT molecular complexity index is 832. The van der Waals surface area contributed by atoms with E-state index < -0.39 is 0 Å². The maximum atomic E-state index is 5.26. The summed E-state index contributed by atoms with van der Waals surface area (Å²) in [4.78, 5) is 13.0. The second-order valence-corrected chi connectivity index (χ2v) is 4.23. The number of hydrogen-bond acceptors (Lipinski definition) is 5. The fourth-order valence-corrected chi connectivity index (χ4v) is 1.96. The Labute approximate surface area is 113 Å². The standard InChI is InChI=1S/C14H9N5O/c1-3-7-15-10(5-1)13-17-14(20-18-13)11-9-19-8-4-2-6-12(19)16-11/h1-9H. The molecule has 0 radical (unpaired) electrons. The smallest absolute Gasteiger partial charge is 0.278 e. The molecule has 4 aromatic heterocycles. The minimum atomic E-state index is 0.384. The monoisotopic (exact) mass is 263 g/mol. The Morgan fingerprint density at radius 3 is 2.75 bits per heavy atom. The molecule has 4 aromatic rings. The van der Waals surface area contributed by atoms with Crippen molar-refractivity contribution < 1.29 is 4.52 Å². The van der Waals surface area contributed by atoms with Crippen LogP contribution in [0.3, 0.4) is 0 Å². The Morgan fingerprint density at radius 2 is 1.90 bits per heavy atom. The van der Waals surface area contributed by atoms with Crippen LogP contribution in [0.5, 0.6) is 0 Å². The van der Waals surface area contributed by atoms with Crippen LogP contribution >= 0.6 is 0 Å². The van der Waals surface area contributed by atoms with Gasteiger partial charge in [0, 0.05) is 18.6 Å². The highest BCUT2D eigenvalue weighted by atomic mass is 16.5. The summed E-state index contributed by atoms with van der Waals surface area (Å²) in [6.07, 6.45) is 5.46.